The molecule has 0 heterocycles. The lowest BCUT2D eigenvalue weighted by atomic mass is 10.3. The van der Waals surface area contributed by atoms with E-state index in [2.05, 4.69) is 5.32 Å². The molecule has 2 aromatic carbocycles. The van der Waals surface area contributed by atoms with Crippen molar-refractivity contribution in [2.45, 2.75) is 4.90 Å². The van der Waals surface area contributed by atoms with Crippen molar-refractivity contribution in [3.8, 4) is 0 Å². The van der Waals surface area contributed by atoms with Crippen molar-refractivity contribution in [3.63, 3.8) is 0 Å². The molecule has 0 aromatic heterocycles. The number of non-ortho nitro benzene ring substituents is 1. The molecule has 12 heteroatoms. The van der Waals surface area contributed by atoms with Gasteiger partial charge in [0.25, 0.3) is 11.6 Å². The van der Waals surface area contributed by atoms with Gasteiger partial charge in [0, 0.05) is 29.9 Å². The molecule has 1 N–H and O–H groups in total. The Morgan fingerprint density at radius 2 is 1.72 bits per heavy atom. The zero-order chi connectivity index (χ0) is 21.6. The van der Waals surface area contributed by atoms with Crippen molar-refractivity contribution < 1.29 is 27.7 Å². The Balaban J connectivity index is 1.86. The number of rotatable bonds is 8. The molecular formula is C17H16ClN3O7S. The Labute approximate surface area is 171 Å². The third-order valence-electron chi connectivity index (χ3n) is 3.60. The number of carbonyl (C=O) groups excluding carboxylic acids is 2. The molecule has 154 valence electrons. The highest BCUT2D eigenvalue weighted by Crippen LogP contribution is 2.17. The molecule has 29 heavy (non-hydrogen) atoms. The van der Waals surface area contributed by atoms with Gasteiger partial charge in [0.15, 0.2) is 6.61 Å². The highest BCUT2D eigenvalue weighted by atomic mass is 35.5. The molecule has 0 bridgehead atoms. The van der Waals surface area contributed by atoms with Gasteiger partial charge in [-0.15, -0.1) is 0 Å². The van der Waals surface area contributed by atoms with E-state index in [1.807, 2.05) is 0 Å². The monoisotopic (exact) mass is 441 g/mol. The van der Waals surface area contributed by atoms with Crippen molar-refractivity contribution in [1.82, 2.24) is 4.31 Å². The van der Waals surface area contributed by atoms with Crippen LogP contribution in [0.5, 0.6) is 0 Å². The summed E-state index contributed by atoms with van der Waals surface area (Å²) >= 11 is 5.73. The van der Waals surface area contributed by atoms with Crippen molar-refractivity contribution in [2.75, 3.05) is 25.5 Å². The van der Waals surface area contributed by atoms with Crippen LogP contribution in [0.15, 0.2) is 53.4 Å². The van der Waals surface area contributed by atoms with Crippen LogP contribution < -0.4 is 5.32 Å². The molecule has 0 radical (unpaired) electrons. The van der Waals surface area contributed by atoms with Crippen molar-refractivity contribution in [3.05, 3.63) is 63.7 Å². The number of benzene rings is 2. The summed E-state index contributed by atoms with van der Waals surface area (Å²) in [5.41, 5.74) is 0.137. The van der Waals surface area contributed by atoms with Crippen molar-refractivity contribution in [1.29, 1.82) is 0 Å². The van der Waals surface area contributed by atoms with E-state index in [1.54, 1.807) is 0 Å². The second kappa shape index (κ2) is 9.45. The maximum Gasteiger partial charge on any atom is 0.321 e. The molecule has 10 nitrogen and oxygen atoms in total. The maximum absolute atomic E-state index is 12.4. The molecule has 1 amide bonds. The lowest BCUT2D eigenvalue weighted by Gasteiger charge is -2.16. The summed E-state index contributed by atoms with van der Waals surface area (Å²) in [5.74, 6) is -1.61. The summed E-state index contributed by atoms with van der Waals surface area (Å²) < 4.78 is 30.3. The van der Waals surface area contributed by atoms with Crippen LogP contribution in [-0.2, 0) is 24.3 Å². The van der Waals surface area contributed by atoms with E-state index in [0.29, 0.717) is 5.02 Å². The van der Waals surface area contributed by atoms with Gasteiger partial charge >= 0.3 is 5.97 Å². The minimum atomic E-state index is -3.93. The summed E-state index contributed by atoms with van der Waals surface area (Å²) in [4.78, 5) is 33.6. The number of nitro benzene ring substituents is 1. The van der Waals surface area contributed by atoms with E-state index in [0.717, 1.165) is 4.31 Å². The number of likely N-dealkylation sites (N-methyl/N-ethyl adjacent to an activating group) is 1. The molecular weight excluding hydrogens is 426 g/mol. The number of nitrogens with zero attached hydrogens (tertiary/aromatic N) is 2. The van der Waals surface area contributed by atoms with E-state index in [1.165, 1.54) is 55.6 Å². The molecule has 0 saturated carbocycles. The van der Waals surface area contributed by atoms with Crippen LogP contribution in [0.1, 0.15) is 0 Å². The van der Waals surface area contributed by atoms with Gasteiger partial charge in [0.05, 0.1) is 9.82 Å². The Hall–Kier alpha value is -3.02. The maximum atomic E-state index is 12.4. The summed E-state index contributed by atoms with van der Waals surface area (Å²) in [6, 6.07) is 10.5. The van der Waals surface area contributed by atoms with Gasteiger partial charge < -0.3 is 10.1 Å². The third-order valence-corrected chi connectivity index (χ3v) is 5.67. The lowest BCUT2D eigenvalue weighted by Crippen LogP contribution is -2.34. The second-order valence-electron chi connectivity index (χ2n) is 5.73. The summed E-state index contributed by atoms with van der Waals surface area (Å²) in [6.07, 6.45) is 0. The number of amides is 1. The zero-order valence-electron chi connectivity index (χ0n) is 15.1. The van der Waals surface area contributed by atoms with Gasteiger partial charge in [-0.25, -0.2) is 8.42 Å². The molecule has 0 spiro atoms. The van der Waals surface area contributed by atoms with Crippen LogP contribution >= 0.6 is 11.6 Å². The average Bonchev–Trinajstić information content (AvgIpc) is 2.67. The van der Waals surface area contributed by atoms with Gasteiger partial charge in [0.2, 0.25) is 10.0 Å². The highest BCUT2D eigenvalue weighted by Gasteiger charge is 2.23. The van der Waals surface area contributed by atoms with E-state index in [9.17, 15) is 28.1 Å². The number of nitro groups is 1. The number of carbonyl (C=O) groups is 2. The molecule has 0 fully saturated rings. The number of sulfonamides is 1. The molecule has 0 atom stereocenters. The fraction of sp³-hybridized carbons (Fsp3) is 0.176. The number of nitrogens with one attached hydrogen (secondary N) is 1. The molecule has 0 aliphatic rings. The quantitative estimate of drug-likeness (QED) is 0.376. The first kappa shape index (κ1) is 22.3. The minimum Gasteiger partial charge on any atom is -0.455 e. The molecule has 2 aromatic rings. The standard InChI is InChI=1S/C17H16ClN3O7S/c1-20(29(26,27)15-8-2-12(18)3-9-15)10-17(23)28-11-16(22)19-13-4-6-14(7-5-13)21(24)25/h2-9H,10-11H2,1H3,(H,19,22). The Bertz CT molecular complexity index is 1010. The smallest absolute Gasteiger partial charge is 0.321 e. The third kappa shape index (κ3) is 6.24. The highest BCUT2D eigenvalue weighted by molar-refractivity contribution is 7.89. The van der Waals surface area contributed by atoms with Crippen molar-refractivity contribution in [2.24, 2.45) is 0 Å². The Morgan fingerprint density at radius 3 is 2.28 bits per heavy atom. The largest absolute Gasteiger partial charge is 0.455 e. The topological polar surface area (TPSA) is 136 Å². The first-order valence-electron chi connectivity index (χ1n) is 8.01. The number of hydrogen-bond acceptors (Lipinski definition) is 7. The number of anilines is 1. The van der Waals surface area contributed by atoms with Gasteiger partial charge in [0.1, 0.15) is 6.54 Å². The predicted octanol–water partition coefficient (Wildman–Crippen LogP) is 2.05. The predicted molar refractivity (Wildman–Crippen MR) is 104 cm³/mol. The van der Waals surface area contributed by atoms with Crippen LogP contribution in [-0.4, -0.2) is 49.7 Å². The van der Waals surface area contributed by atoms with Crippen LogP contribution in [0, 0.1) is 10.1 Å². The fourth-order valence-corrected chi connectivity index (χ4v) is 3.35. The van der Waals surface area contributed by atoms with Gasteiger partial charge in [-0.05, 0) is 36.4 Å². The molecule has 0 saturated heterocycles. The van der Waals surface area contributed by atoms with Gasteiger partial charge in [-0.1, -0.05) is 11.6 Å². The first-order chi connectivity index (χ1) is 13.6. The van der Waals surface area contributed by atoms with E-state index >= 15 is 0 Å². The fourth-order valence-electron chi connectivity index (χ4n) is 2.11. The zero-order valence-corrected chi connectivity index (χ0v) is 16.6. The Morgan fingerprint density at radius 1 is 1.14 bits per heavy atom. The van der Waals surface area contributed by atoms with Crippen LogP contribution in [0.4, 0.5) is 11.4 Å². The number of ether oxygens (including phenoxy) is 1. The minimum absolute atomic E-state index is 0.0480. The van der Waals surface area contributed by atoms with Gasteiger partial charge in [-0.2, -0.15) is 4.31 Å². The molecule has 0 unspecified atom stereocenters. The molecule has 0 aliphatic carbocycles. The van der Waals surface area contributed by atoms with Crippen molar-refractivity contribution >= 4 is 44.9 Å². The summed E-state index contributed by atoms with van der Waals surface area (Å²) in [6.45, 7) is -1.25. The van der Waals surface area contributed by atoms with E-state index in [-0.39, 0.29) is 16.3 Å². The SMILES string of the molecule is CN(CC(=O)OCC(=O)Nc1ccc([N+](=O)[O-])cc1)S(=O)(=O)c1ccc(Cl)cc1. The van der Waals surface area contributed by atoms with E-state index in [4.69, 9.17) is 16.3 Å². The van der Waals surface area contributed by atoms with Gasteiger partial charge in [-0.3, -0.25) is 19.7 Å². The normalized spacial score (nSPS) is 11.1. The molecule has 0 aliphatic heterocycles. The first-order valence-corrected chi connectivity index (χ1v) is 9.83. The van der Waals surface area contributed by atoms with Crippen LogP contribution in [0.25, 0.3) is 0 Å². The van der Waals surface area contributed by atoms with E-state index < -0.39 is 40.0 Å². The number of esters is 1. The lowest BCUT2D eigenvalue weighted by molar-refractivity contribution is -0.384. The Kier molecular flexibility index (Phi) is 7.26. The number of hydrogen-bond donors (Lipinski definition) is 1. The summed E-state index contributed by atoms with van der Waals surface area (Å²) in [5, 5.41) is 13.3. The average molecular weight is 442 g/mol. The van der Waals surface area contributed by atoms with Crippen LogP contribution in [0.2, 0.25) is 5.02 Å². The second-order valence-corrected chi connectivity index (χ2v) is 8.21. The molecule has 2 rings (SSSR count). The van der Waals surface area contributed by atoms with Crippen LogP contribution in [0.3, 0.4) is 0 Å². The number of halogens is 1. The summed E-state index contributed by atoms with van der Waals surface area (Å²) in [7, 11) is -2.73.